The lowest BCUT2D eigenvalue weighted by atomic mass is 10.0. The quantitative estimate of drug-likeness (QED) is 0.372. The van der Waals surface area contributed by atoms with Crippen molar-refractivity contribution in [2.75, 3.05) is 23.8 Å². The van der Waals surface area contributed by atoms with Crippen molar-refractivity contribution in [2.45, 2.75) is 13.1 Å². The van der Waals surface area contributed by atoms with Gasteiger partial charge in [-0.1, -0.05) is 12.1 Å². The van der Waals surface area contributed by atoms with E-state index in [9.17, 15) is 22.8 Å². The molecule has 2 aromatic heterocycles. The van der Waals surface area contributed by atoms with E-state index in [4.69, 9.17) is 5.11 Å². The smallest absolute Gasteiger partial charge is 0.395 e. The van der Waals surface area contributed by atoms with Crippen LogP contribution in [-0.4, -0.2) is 38.7 Å². The van der Waals surface area contributed by atoms with Crippen molar-refractivity contribution in [1.82, 2.24) is 14.5 Å². The topological polar surface area (TPSA) is 109 Å². The second-order valence-electron chi connectivity index (χ2n) is 8.10. The summed E-state index contributed by atoms with van der Waals surface area (Å²) in [4.78, 5) is 34.1. The first-order valence-electron chi connectivity index (χ1n) is 10.9. The van der Waals surface area contributed by atoms with Crippen LogP contribution in [0.1, 0.15) is 21.5 Å². The second-order valence-corrected chi connectivity index (χ2v) is 8.10. The van der Waals surface area contributed by atoms with Crippen LogP contribution in [0.2, 0.25) is 0 Å². The van der Waals surface area contributed by atoms with Crippen molar-refractivity contribution >= 4 is 28.4 Å². The van der Waals surface area contributed by atoms with Crippen LogP contribution in [0, 0.1) is 6.92 Å². The van der Waals surface area contributed by atoms with Crippen LogP contribution in [0.15, 0.2) is 59.5 Å². The molecule has 186 valence electrons. The molecular formula is C25H22F3N5O3. The average Bonchev–Trinajstić information content (AvgIpc) is 2.86. The van der Waals surface area contributed by atoms with E-state index in [0.717, 1.165) is 17.7 Å². The molecule has 0 bridgehead atoms. The number of anilines is 2. The molecular weight excluding hydrogens is 475 g/mol. The van der Waals surface area contributed by atoms with Gasteiger partial charge in [-0.25, -0.2) is 9.97 Å². The first kappa shape index (κ1) is 24.9. The lowest BCUT2D eigenvalue weighted by Crippen LogP contribution is -2.21. The van der Waals surface area contributed by atoms with E-state index in [0.29, 0.717) is 22.3 Å². The molecule has 2 aromatic carbocycles. The van der Waals surface area contributed by atoms with E-state index in [-0.39, 0.29) is 35.7 Å². The first-order valence-corrected chi connectivity index (χ1v) is 10.9. The Labute approximate surface area is 203 Å². The molecule has 4 rings (SSSR count). The maximum Gasteiger partial charge on any atom is 0.416 e. The van der Waals surface area contributed by atoms with E-state index in [1.165, 1.54) is 22.9 Å². The minimum atomic E-state index is -4.56. The summed E-state index contributed by atoms with van der Waals surface area (Å²) >= 11 is 0. The number of halogens is 3. The third-order valence-corrected chi connectivity index (χ3v) is 5.60. The number of aryl methyl sites for hydroxylation is 1. The Morgan fingerprint density at radius 1 is 1.14 bits per heavy atom. The van der Waals surface area contributed by atoms with Crippen molar-refractivity contribution in [3.8, 4) is 11.3 Å². The van der Waals surface area contributed by atoms with Gasteiger partial charge in [-0.2, -0.15) is 13.2 Å². The summed E-state index contributed by atoms with van der Waals surface area (Å²) in [6.07, 6.45) is -3.06. The summed E-state index contributed by atoms with van der Waals surface area (Å²) in [7, 11) is 1.59. The Hall–Kier alpha value is -4.25. The Balaban J connectivity index is 1.69. The van der Waals surface area contributed by atoms with Gasteiger partial charge >= 0.3 is 6.18 Å². The zero-order valence-corrected chi connectivity index (χ0v) is 19.3. The zero-order chi connectivity index (χ0) is 26.0. The van der Waals surface area contributed by atoms with Crippen molar-refractivity contribution in [2.24, 2.45) is 7.05 Å². The van der Waals surface area contributed by atoms with Gasteiger partial charge in [-0.15, -0.1) is 0 Å². The van der Waals surface area contributed by atoms with Gasteiger partial charge in [0.2, 0.25) is 5.95 Å². The maximum atomic E-state index is 13.1. The van der Waals surface area contributed by atoms with Crippen LogP contribution < -0.4 is 16.2 Å². The number of aliphatic hydroxyl groups excluding tert-OH is 1. The van der Waals surface area contributed by atoms with Crippen LogP contribution in [0.4, 0.5) is 24.8 Å². The summed E-state index contributed by atoms with van der Waals surface area (Å²) in [6.45, 7) is 1.96. The highest BCUT2D eigenvalue weighted by molar-refractivity contribution is 6.04. The number of nitrogens with one attached hydrogen (secondary N) is 2. The SMILES string of the molecule is Cc1ccc(NC(=O)c2cccc(C(F)(F)F)c2)cc1-c1cc2cnc(NCCO)nc2c(=O)n1C. The van der Waals surface area contributed by atoms with Crippen LogP contribution in [-0.2, 0) is 13.2 Å². The van der Waals surface area contributed by atoms with Gasteiger partial charge in [-0.3, -0.25) is 9.59 Å². The lowest BCUT2D eigenvalue weighted by Gasteiger charge is -2.15. The summed E-state index contributed by atoms with van der Waals surface area (Å²) in [5, 5.41) is 14.9. The molecule has 2 heterocycles. The third kappa shape index (κ3) is 5.05. The number of amides is 1. The van der Waals surface area contributed by atoms with Gasteiger partial charge in [0, 0.05) is 42.0 Å². The van der Waals surface area contributed by atoms with Crippen molar-refractivity contribution in [1.29, 1.82) is 0 Å². The molecule has 0 fully saturated rings. The van der Waals surface area contributed by atoms with Crippen LogP contribution in [0.5, 0.6) is 0 Å². The van der Waals surface area contributed by atoms with Gasteiger partial charge in [0.25, 0.3) is 11.5 Å². The largest absolute Gasteiger partial charge is 0.416 e. The molecule has 8 nitrogen and oxygen atoms in total. The highest BCUT2D eigenvalue weighted by Gasteiger charge is 2.31. The fourth-order valence-corrected chi connectivity index (χ4v) is 3.71. The number of benzene rings is 2. The number of carbonyl (C=O) groups is 1. The predicted octanol–water partition coefficient (Wildman–Crippen LogP) is 3.98. The van der Waals surface area contributed by atoms with E-state index >= 15 is 0 Å². The molecule has 0 saturated heterocycles. The Morgan fingerprint density at radius 2 is 1.92 bits per heavy atom. The van der Waals surface area contributed by atoms with E-state index in [2.05, 4.69) is 20.6 Å². The molecule has 36 heavy (non-hydrogen) atoms. The minimum absolute atomic E-state index is 0.113. The average molecular weight is 497 g/mol. The zero-order valence-electron chi connectivity index (χ0n) is 19.3. The molecule has 0 aliphatic rings. The molecule has 4 aromatic rings. The molecule has 0 radical (unpaired) electrons. The van der Waals surface area contributed by atoms with E-state index in [1.54, 1.807) is 31.3 Å². The van der Waals surface area contributed by atoms with Gasteiger partial charge in [0.05, 0.1) is 17.9 Å². The maximum absolute atomic E-state index is 13.1. The van der Waals surface area contributed by atoms with E-state index in [1.807, 2.05) is 6.92 Å². The van der Waals surface area contributed by atoms with Crippen LogP contribution in [0.3, 0.4) is 0 Å². The Bertz CT molecular complexity index is 1520. The van der Waals surface area contributed by atoms with Crippen molar-refractivity contribution in [3.63, 3.8) is 0 Å². The third-order valence-electron chi connectivity index (χ3n) is 5.60. The molecule has 0 aliphatic heterocycles. The van der Waals surface area contributed by atoms with Crippen LogP contribution in [0.25, 0.3) is 22.2 Å². The normalized spacial score (nSPS) is 11.5. The summed E-state index contributed by atoms with van der Waals surface area (Å²) in [6, 6.07) is 10.9. The lowest BCUT2D eigenvalue weighted by molar-refractivity contribution is -0.137. The fraction of sp³-hybridized carbons (Fsp3) is 0.200. The number of pyridine rings is 1. The molecule has 11 heteroatoms. The van der Waals surface area contributed by atoms with Crippen LogP contribution >= 0.6 is 0 Å². The van der Waals surface area contributed by atoms with E-state index < -0.39 is 17.6 Å². The number of rotatable bonds is 6. The molecule has 0 saturated carbocycles. The number of fused-ring (bicyclic) bond motifs is 1. The summed E-state index contributed by atoms with van der Waals surface area (Å²) < 4.78 is 40.5. The molecule has 1 amide bonds. The minimum Gasteiger partial charge on any atom is -0.395 e. The second kappa shape index (κ2) is 9.78. The highest BCUT2D eigenvalue weighted by atomic mass is 19.4. The standard InChI is InChI=1S/C25H22F3N5O3/c1-14-6-7-18(31-22(35)15-4-3-5-17(10-15)25(26,27)28)12-19(14)20-11-16-13-30-24(29-8-9-34)32-21(16)23(36)33(20)2/h3-7,10-13,34H,8-9H2,1-2H3,(H,31,35)(H,29,30,32). The number of carbonyl (C=O) groups excluding carboxylic acids is 1. The monoisotopic (exact) mass is 497 g/mol. The molecule has 0 atom stereocenters. The molecule has 3 N–H and O–H groups in total. The molecule has 0 spiro atoms. The fourth-order valence-electron chi connectivity index (χ4n) is 3.71. The number of hydrogen-bond donors (Lipinski definition) is 3. The summed E-state index contributed by atoms with van der Waals surface area (Å²) in [5.74, 6) is -0.475. The summed E-state index contributed by atoms with van der Waals surface area (Å²) in [5.41, 5.74) is 1.13. The number of aromatic nitrogens is 3. The Kier molecular flexibility index (Phi) is 6.75. The number of nitrogens with zero attached hydrogens (tertiary/aromatic N) is 3. The van der Waals surface area contributed by atoms with Crippen molar-refractivity contribution < 1.29 is 23.1 Å². The van der Waals surface area contributed by atoms with Gasteiger partial charge in [-0.05, 0) is 48.9 Å². The number of alkyl halides is 3. The number of aliphatic hydroxyl groups is 1. The first-order chi connectivity index (χ1) is 17.1. The highest BCUT2D eigenvalue weighted by Crippen LogP contribution is 2.30. The molecule has 0 aliphatic carbocycles. The Morgan fingerprint density at radius 3 is 2.64 bits per heavy atom. The van der Waals surface area contributed by atoms with Gasteiger partial charge in [0.1, 0.15) is 5.52 Å². The molecule has 0 unspecified atom stereocenters. The predicted molar refractivity (Wildman–Crippen MR) is 130 cm³/mol. The van der Waals surface area contributed by atoms with Gasteiger partial charge in [0.15, 0.2) is 0 Å². The van der Waals surface area contributed by atoms with Gasteiger partial charge < -0.3 is 20.3 Å². The number of hydrogen-bond acceptors (Lipinski definition) is 6. The van der Waals surface area contributed by atoms with Crippen molar-refractivity contribution in [3.05, 3.63) is 81.8 Å².